The van der Waals surface area contributed by atoms with Crippen molar-refractivity contribution >= 4 is 23.4 Å². The normalized spacial score (nSPS) is 10.7. The number of carbonyl (C=O) groups is 1. The Morgan fingerprint density at radius 2 is 2.33 bits per heavy atom. The summed E-state index contributed by atoms with van der Waals surface area (Å²) in [4.78, 5) is 11.0. The number of thiol groups is 1. The molecule has 0 amide bonds. The fourth-order valence-electron chi connectivity index (χ4n) is 0.989. The minimum Gasteiger partial charge on any atom is -0.396 e. The van der Waals surface area contributed by atoms with Gasteiger partial charge in [0.2, 0.25) is 5.12 Å². The molecule has 0 saturated heterocycles. The standard InChI is InChI=1S/C7H11N3OS/c1-4(2)10-6(7(11)12)5(8)3-9-10/h3-4H,8H2,1-2H3,(H,11,12). The summed E-state index contributed by atoms with van der Waals surface area (Å²) in [7, 11) is 0. The van der Waals surface area contributed by atoms with Gasteiger partial charge in [0.15, 0.2) is 0 Å². The molecule has 4 nitrogen and oxygen atoms in total. The van der Waals surface area contributed by atoms with E-state index in [1.54, 1.807) is 4.68 Å². The van der Waals surface area contributed by atoms with E-state index in [4.69, 9.17) is 5.73 Å². The number of hydrogen-bond acceptors (Lipinski definition) is 3. The Morgan fingerprint density at radius 3 is 2.67 bits per heavy atom. The van der Waals surface area contributed by atoms with Crippen molar-refractivity contribution in [1.29, 1.82) is 0 Å². The van der Waals surface area contributed by atoms with Crippen molar-refractivity contribution in [2.75, 3.05) is 5.73 Å². The van der Waals surface area contributed by atoms with Crippen molar-refractivity contribution in [3.05, 3.63) is 11.9 Å². The van der Waals surface area contributed by atoms with Gasteiger partial charge in [-0.05, 0) is 13.8 Å². The molecule has 0 saturated carbocycles. The fraction of sp³-hybridized carbons (Fsp3) is 0.429. The Balaban J connectivity index is 3.21. The summed E-state index contributed by atoms with van der Waals surface area (Å²) in [5.41, 5.74) is 6.27. The van der Waals surface area contributed by atoms with E-state index in [1.807, 2.05) is 13.8 Å². The average Bonchev–Trinajstić information content (AvgIpc) is 2.30. The van der Waals surface area contributed by atoms with Crippen LogP contribution in [0, 0.1) is 0 Å². The van der Waals surface area contributed by atoms with Crippen LogP contribution < -0.4 is 5.73 Å². The number of anilines is 1. The van der Waals surface area contributed by atoms with E-state index >= 15 is 0 Å². The van der Waals surface area contributed by atoms with Crippen LogP contribution in [0.25, 0.3) is 0 Å². The molecule has 0 aromatic carbocycles. The Kier molecular flexibility index (Phi) is 2.42. The molecule has 5 heteroatoms. The molecule has 1 aromatic rings. The number of rotatable bonds is 2. The highest BCUT2D eigenvalue weighted by Gasteiger charge is 2.14. The number of aromatic nitrogens is 2. The van der Waals surface area contributed by atoms with Crippen LogP contribution in [-0.4, -0.2) is 14.9 Å². The lowest BCUT2D eigenvalue weighted by molar-refractivity contribution is 0.108. The highest BCUT2D eigenvalue weighted by molar-refractivity contribution is 7.97. The smallest absolute Gasteiger partial charge is 0.236 e. The fourth-order valence-corrected chi connectivity index (χ4v) is 1.22. The van der Waals surface area contributed by atoms with Gasteiger partial charge in [0.05, 0.1) is 11.9 Å². The lowest BCUT2D eigenvalue weighted by Crippen LogP contribution is -2.10. The first-order chi connectivity index (χ1) is 5.54. The number of nitrogens with two attached hydrogens (primary N) is 1. The Labute approximate surface area is 76.2 Å². The quantitative estimate of drug-likeness (QED) is 0.679. The van der Waals surface area contributed by atoms with E-state index in [0.717, 1.165) is 0 Å². The molecule has 1 aromatic heterocycles. The molecule has 0 fully saturated rings. The monoisotopic (exact) mass is 185 g/mol. The van der Waals surface area contributed by atoms with Gasteiger partial charge < -0.3 is 5.73 Å². The molecule has 0 aliphatic heterocycles. The van der Waals surface area contributed by atoms with Crippen LogP contribution in [0.3, 0.4) is 0 Å². The first-order valence-corrected chi connectivity index (χ1v) is 4.05. The first kappa shape index (κ1) is 9.12. The number of nitrogens with zero attached hydrogens (tertiary/aromatic N) is 2. The third-order valence-electron chi connectivity index (χ3n) is 1.52. The maximum absolute atomic E-state index is 11.0. The van der Waals surface area contributed by atoms with E-state index in [9.17, 15) is 4.79 Å². The van der Waals surface area contributed by atoms with Crippen molar-refractivity contribution in [1.82, 2.24) is 9.78 Å². The van der Waals surface area contributed by atoms with Gasteiger partial charge in [-0.15, -0.1) is 0 Å². The van der Waals surface area contributed by atoms with Gasteiger partial charge in [-0.25, -0.2) is 0 Å². The van der Waals surface area contributed by atoms with Gasteiger partial charge in [-0.2, -0.15) is 5.10 Å². The summed E-state index contributed by atoms with van der Waals surface area (Å²) in [6, 6.07) is 0.119. The van der Waals surface area contributed by atoms with Gasteiger partial charge in [-0.3, -0.25) is 9.48 Å². The lowest BCUT2D eigenvalue weighted by Gasteiger charge is -2.07. The summed E-state index contributed by atoms with van der Waals surface area (Å²) in [6.07, 6.45) is 1.46. The summed E-state index contributed by atoms with van der Waals surface area (Å²) in [5, 5.41) is 3.61. The van der Waals surface area contributed by atoms with E-state index in [0.29, 0.717) is 11.4 Å². The van der Waals surface area contributed by atoms with Crippen molar-refractivity contribution in [3.63, 3.8) is 0 Å². The summed E-state index contributed by atoms with van der Waals surface area (Å²) >= 11 is 3.71. The van der Waals surface area contributed by atoms with E-state index < -0.39 is 0 Å². The van der Waals surface area contributed by atoms with Crippen LogP contribution in [0.5, 0.6) is 0 Å². The molecule has 0 aliphatic carbocycles. The minimum absolute atomic E-state index is 0.119. The molecule has 0 atom stereocenters. The molecule has 0 radical (unpaired) electrons. The molecule has 1 rings (SSSR count). The zero-order valence-corrected chi connectivity index (χ0v) is 7.88. The van der Waals surface area contributed by atoms with Gasteiger partial charge in [0.1, 0.15) is 5.69 Å². The predicted octanol–water partition coefficient (Wildman–Crippen LogP) is 1.12. The summed E-state index contributed by atoms with van der Waals surface area (Å²) < 4.78 is 1.56. The number of nitrogen functional groups attached to an aromatic ring is 1. The second kappa shape index (κ2) is 3.18. The molecular weight excluding hydrogens is 174 g/mol. The van der Waals surface area contributed by atoms with Crippen LogP contribution in [0.4, 0.5) is 5.69 Å². The zero-order valence-electron chi connectivity index (χ0n) is 6.98. The van der Waals surface area contributed by atoms with Gasteiger partial charge >= 0.3 is 0 Å². The first-order valence-electron chi connectivity index (χ1n) is 3.60. The zero-order chi connectivity index (χ0) is 9.30. The van der Waals surface area contributed by atoms with Crippen LogP contribution in [-0.2, 0) is 0 Å². The summed E-state index contributed by atoms with van der Waals surface area (Å²) in [5.74, 6) is 0. The molecule has 0 bridgehead atoms. The van der Waals surface area contributed by atoms with E-state index in [1.165, 1.54) is 6.20 Å². The van der Waals surface area contributed by atoms with Crippen LogP contribution >= 0.6 is 12.6 Å². The number of carbonyl (C=O) groups excluding carboxylic acids is 1. The second-order valence-corrected chi connectivity index (χ2v) is 3.20. The average molecular weight is 185 g/mol. The van der Waals surface area contributed by atoms with Gasteiger partial charge in [0, 0.05) is 6.04 Å². The van der Waals surface area contributed by atoms with Gasteiger partial charge in [-0.1, -0.05) is 12.6 Å². The predicted molar refractivity (Wildman–Crippen MR) is 50.3 cm³/mol. The highest BCUT2D eigenvalue weighted by atomic mass is 32.1. The van der Waals surface area contributed by atoms with Crippen LogP contribution in [0.1, 0.15) is 30.4 Å². The molecular formula is C7H11N3OS. The topological polar surface area (TPSA) is 60.9 Å². The molecule has 0 aliphatic rings. The van der Waals surface area contributed by atoms with Crippen molar-refractivity contribution in [3.8, 4) is 0 Å². The third kappa shape index (κ3) is 1.45. The van der Waals surface area contributed by atoms with Crippen LogP contribution in [0.2, 0.25) is 0 Å². The third-order valence-corrected chi connectivity index (χ3v) is 1.73. The highest BCUT2D eigenvalue weighted by Crippen LogP contribution is 2.17. The van der Waals surface area contributed by atoms with E-state index in [2.05, 4.69) is 17.7 Å². The molecule has 12 heavy (non-hydrogen) atoms. The van der Waals surface area contributed by atoms with Crippen molar-refractivity contribution < 1.29 is 4.79 Å². The molecule has 0 spiro atoms. The van der Waals surface area contributed by atoms with Gasteiger partial charge in [0.25, 0.3) is 0 Å². The Bertz CT molecular complexity index is 306. The lowest BCUT2D eigenvalue weighted by atomic mass is 10.3. The SMILES string of the molecule is CC(C)n1ncc(N)c1C(=O)S. The minimum atomic E-state index is -0.348. The molecule has 66 valence electrons. The van der Waals surface area contributed by atoms with Crippen LogP contribution in [0.15, 0.2) is 6.20 Å². The van der Waals surface area contributed by atoms with Crippen molar-refractivity contribution in [2.45, 2.75) is 19.9 Å². The Hall–Kier alpha value is -0.970. The largest absolute Gasteiger partial charge is 0.396 e. The molecule has 1 heterocycles. The molecule has 2 N–H and O–H groups in total. The van der Waals surface area contributed by atoms with E-state index in [-0.39, 0.29) is 11.2 Å². The summed E-state index contributed by atoms with van der Waals surface area (Å²) in [6.45, 7) is 3.85. The van der Waals surface area contributed by atoms with Crippen molar-refractivity contribution in [2.24, 2.45) is 0 Å². The second-order valence-electron chi connectivity index (χ2n) is 2.79. The maximum Gasteiger partial charge on any atom is 0.236 e. The number of hydrogen-bond donors (Lipinski definition) is 2. The maximum atomic E-state index is 11.0. The molecule has 0 unspecified atom stereocenters. The Morgan fingerprint density at radius 1 is 1.75 bits per heavy atom.